The van der Waals surface area contributed by atoms with Crippen molar-refractivity contribution in [3.63, 3.8) is 0 Å². The zero-order valence-electron chi connectivity index (χ0n) is 16.6. The molecule has 0 bridgehead atoms. The molecule has 0 saturated carbocycles. The third-order valence-corrected chi connectivity index (χ3v) is 7.20. The molecular formula is C18H20N6O3S2. The Hall–Kier alpha value is -2.97. The Labute approximate surface area is 173 Å². The first-order chi connectivity index (χ1) is 13.6. The predicted molar refractivity (Wildman–Crippen MR) is 111 cm³/mol. The molecule has 1 aliphatic rings. The number of carbonyl (C=O) groups excluding carboxylic acids is 1. The molecule has 2 aromatic heterocycles. The second-order valence-electron chi connectivity index (χ2n) is 6.48. The van der Waals surface area contributed by atoms with Gasteiger partial charge >= 0.3 is 10.2 Å². The molecule has 0 radical (unpaired) electrons. The smallest absolute Gasteiger partial charge is 0.311 e. The van der Waals surface area contributed by atoms with E-state index in [0.29, 0.717) is 28.2 Å². The summed E-state index contributed by atoms with van der Waals surface area (Å²) in [7, 11) is -1.09. The van der Waals surface area contributed by atoms with E-state index in [4.69, 9.17) is 0 Å². The van der Waals surface area contributed by atoms with Crippen LogP contribution >= 0.6 is 11.3 Å². The maximum Gasteiger partial charge on any atom is 0.345 e. The van der Waals surface area contributed by atoms with Gasteiger partial charge in [-0.3, -0.25) is 9.48 Å². The Morgan fingerprint density at radius 2 is 2.03 bits per heavy atom. The Morgan fingerprint density at radius 1 is 1.34 bits per heavy atom. The number of hydrogen-bond donors (Lipinski definition) is 1. The van der Waals surface area contributed by atoms with Crippen molar-refractivity contribution in [2.24, 2.45) is 11.4 Å². The van der Waals surface area contributed by atoms with Crippen LogP contribution in [0.1, 0.15) is 34.2 Å². The van der Waals surface area contributed by atoms with E-state index in [0.717, 1.165) is 14.7 Å². The first kappa shape index (κ1) is 20.8. The molecule has 152 valence electrons. The largest absolute Gasteiger partial charge is 0.345 e. The van der Waals surface area contributed by atoms with Crippen molar-refractivity contribution in [2.45, 2.75) is 27.2 Å². The molecule has 0 saturated heterocycles. The van der Waals surface area contributed by atoms with Crippen molar-refractivity contribution in [3.05, 3.63) is 45.2 Å². The van der Waals surface area contributed by atoms with Gasteiger partial charge in [0.25, 0.3) is 5.91 Å². The summed E-state index contributed by atoms with van der Waals surface area (Å²) in [6.07, 6.45) is 3.58. The summed E-state index contributed by atoms with van der Waals surface area (Å²) in [6.45, 7) is 5.60. The fourth-order valence-electron chi connectivity index (χ4n) is 3.02. The van der Waals surface area contributed by atoms with Gasteiger partial charge in [-0.05, 0) is 31.9 Å². The fourth-order valence-corrected chi connectivity index (χ4v) is 5.02. The number of allylic oxidation sites excluding steroid dienone is 1. The van der Waals surface area contributed by atoms with Gasteiger partial charge in [0.05, 0.1) is 17.5 Å². The van der Waals surface area contributed by atoms with E-state index in [1.165, 1.54) is 30.7 Å². The Morgan fingerprint density at radius 3 is 2.59 bits per heavy atom. The Balaban J connectivity index is 2.03. The van der Waals surface area contributed by atoms with E-state index in [9.17, 15) is 18.5 Å². The van der Waals surface area contributed by atoms with E-state index >= 15 is 0 Å². The third-order valence-electron chi connectivity index (χ3n) is 4.82. The van der Waals surface area contributed by atoms with Crippen LogP contribution < -0.4 is 5.32 Å². The van der Waals surface area contributed by atoms with Crippen molar-refractivity contribution in [3.8, 4) is 6.07 Å². The summed E-state index contributed by atoms with van der Waals surface area (Å²) in [5.74, 6) is -0.634. The molecule has 0 aliphatic carbocycles. The number of amides is 1. The van der Waals surface area contributed by atoms with Crippen LogP contribution in [-0.2, 0) is 28.5 Å². The third kappa shape index (κ3) is 3.56. The van der Waals surface area contributed by atoms with Crippen LogP contribution in [0.5, 0.6) is 0 Å². The lowest BCUT2D eigenvalue weighted by atomic mass is 10.1. The summed E-state index contributed by atoms with van der Waals surface area (Å²) in [5, 5.41) is 16.7. The highest BCUT2D eigenvalue weighted by molar-refractivity contribution is 7.88. The molecular weight excluding hydrogens is 412 g/mol. The van der Waals surface area contributed by atoms with Gasteiger partial charge in [0, 0.05) is 30.2 Å². The predicted octanol–water partition coefficient (Wildman–Crippen LogP) is 2.03. The number of hydrogen-bond acceptors (Lipinski definition) is 6. The van der Waals surface area contributed by atoms with Gasteiger partial charge in [-0.1, -0.05) is 6.92 Å². The van der Waals surface area contributed by atoms with Gasteiger partial charge in [0.2, 0.25) is 0 Å². The van der Waals surface area contributed by atoms with E-state index in [-0.39, 0.29) is 11.4 Å². The number of rotatable bonds is 4. The molecule has 29 heavy (non-hydrogen) atoms. The summed E-state index contributed by atoms with van der Waals surface area (Å²) in [6, 6.07) is 2.13. The zero-order chi connectivity index (χ0) is 21.5. The van der Waals surface area contributed by atoms with E-state index in [1.807, 2.05) is 13.8 Å². The van der Waals surface area contributed by atoms with Crippen LogP contribution in [0.25, 0.3) is 0 Å². The SMILES string of the molecule is CCc1c(C)sc(NC(=O)C2=CC(c3cnn(C)c3C)=NS(=O)(=O)N2C)c1C#N. The van der Waals surface area contributed by atoms with Crippen molar-refractivity contribution in [1.82, 2.24) is 14.1 Å². The molecule has 3 heterocycles. The van der Waals surface area contributed by atoms with Gasteiger partial charge in [0.15, 0.2) is 0 Å². The maximum atomic E-state index is 12.9. The summed E-state index contributed by atoms with van der Waals surface area (Å²) >= 11 is 1.29. The standard InChI is InChI=1S/C18H20N6O3S2/c1-6-12-11(3)28-18(13(12)8-19)21-17(25)16-7-15(22-29(26,27)24(16)5)14-9-20-23(4)10(14)2/h7,9H,6H2,1-5H3,(H,21,25). The second kappa shape index (κ2) is 7.46. The molecule has 2 aromatic rings. The summed E-state index contributed by atoms with van der Waals surface area (Å²) < 4.78 is 31.3. The highest BCUT2D eigenvalue weighted by atomic mass is 32.2. The van der Waals surface area contributed by atoms with E-state index < -0.39 is 16.1 Å². The van der Waals surface area contributed by atoms with Crippen LogP contribution in [0, 0.1) is 25.2 Å². The second-order valence-corrected chi connectivity index (χ2v) is 9.33. The highest BCUT2D eigenvalue weighted by Gasteiger charge is 2.31. The van der Waals surface area contributed by atoms with Crippen LogP contribution in [0.2, 0.25) is 0 Å². The number of thiophene rings is 1. The van der Waals surface area contributed by atoms with Gasteiger partial charge in [-0.2, -0.15) is 18.8 Å². The molecule has 1 aliphatic heterocycles. The number of carbonyl (C=O) groups is 1. The summed E-state index contributed by atoms with van der Waals surface area (Å²) in [4.78, 5) is 13.9. The number of aromatic nitrogens is 2. The molecule has 0 unspecified atom stereocenters. The topological polar surface area (TPSA) is 120 Å². The monoisotopic (exact) mass is 432 g/mol. The number of anilines is 1. The molecule has 0 aromatic carbocycles. The van der Waals surface area contributed by atoms with Crippen LogP contribution in [0.4, 0.5) is 5.00 Å². The molecule has 9 nitrogen and oxygen atoms in total. The lowest BCUT2D eigenvalue weighted by molar-refractivity contribution is -0.113. The normalized spacial score (nSPS) is 15.5. The summed E-state index contributed by atoms with van der Waals surface area (Å²) in [5.41, 5.74) is 2.56. The van der Waals surface area contributed by atoms with Crippen molar-refractivity contribution in [2.75, 3.05) is 12.4 Å². The zero-order valence-corrected chi connectivity index (χ0v) is 18.3. The number of aryl methyl sites for hydroxylation is 2. The van der Waals surface area contributed by atoms with E-state index in [1.54, 1.807) is 18.7 Å². The van der Waals surface area contributed by atoms with Crippen LogP contribution in [-0.4, -0.2) is 41.2 Å². The molecule has 0 spiro atoms. The lowest BCUT2D eigenvalue weighted by Crippen LogP contribution is -2.35. The minimum Gasteiger partial charge on any atom is -0.311 e. The average molecular weight is 433 g/mol. The number of nitriles is 1. The van der Waals surface area contributed by atoms with Crippen molar-refractivity contribution < 1.29 is 13.2 Å². The van der Waals surface area contributed by atoms with Crippen LogP contribution in [0.15, 0.2) is 22.4 Å². The van der Waals surface area contributed by atoms with E-state index in [2.05, 4.69) is 20.9 Å². The first-order valence-electron chi connectivity index (χ1n) is 8.73. The number of nitrogens with one attached hydrogen (secondary N) is 1. The molecule has 1 N–H and O–H groups in total. The molecule has 11 heteroatoms. The van der Waals surface area contributed by atoms with Crippen LogP contribution in [0.3, 0.4) is 0 Å². The Kier molecular flexibility index (Phi) is 5.34. The Bertz CT molecular complexity index is 1210. The number of likely N-dealkylation sites (N-methyl/N-ethyl adjacent to an activating group) is 1. The van der Waals surface area contributed by atoms with Crippen molar-refractivity contribution >= 4 is 38.2 Å². The van der Waals surface area contributed by atoms with Gasteiger partial charge in [-0.25, -0.2) is 4.31 Å². The fraction of sp³-hybridized carbons (Fsp3) is 0.333. The highest BCUT2D eigenvalue weighted by Crippen LogP contribution is 2.33. The van der Waals surface area contributed by atoms with Gasteiger partial charge < -0.3 is 5.32 Å². The average Bonchev–Trinajstić information content (AvgIpc) is 3.15. The van der Waals surface area contributed by atoms with Crippen molar-refractivity contribution in [1.29, 1.82) is 5.26 Å². The maximum absolute atomic E-state index is 12.9. The quantitative estimate of drug-likeness (QED) is 0.792. The van der Waals surface area contributed by atoms with Gasteiger partial charge in [-0.15, -0.1) is 15.7 Å². The minimum absolute atomic E-state index is 0.0914. The molecule has 1 amide bonds. The number of nitrogens with zero attached hydrogens (tertiary/aromatic N) is 5. The van der Waals surface area contributed by atoms with Gasteiger partial charge in [0.1, 0.15) is 16.8 Å². The molecule has 3 rings (SSSR count). The molecule has 0 fully saturated rings. The minimum atomic E-state index is -4.08. The lowest BCUT2D eigenvalue weighted by Gasteiger charge is -2.23. The molecule has 0 atom stereocenters. The first-order valence-corrected chi connectivity index (χ1v) is 10.9.